The molecule has 19 heavy (non-hydrogen) atoms. The number of carboxylic acids is 1. The lowest BCUT2D eigenvalue weighted by Crippen LogP contribution is -1.98. The molecule has 0 amide bonds. The zero-order valence-corrected chi connectivity index (χ0v) is 13.1. The van der Waals surface area contributed by atoms with Crippen LogP contribution in [0, 0.1) is 11.3 Å². The molecule has 0 unspecified atom stereocenters. The largest absolute Gasteiger partial charge is 0.491 e. The fourth-order valence-electron chi connectivity index (χ4n) is 1.31. The average Bonchev–Trinajstić information content (AvgIpc) is 2.34. The highest BCUT2D eigenvalue weighted by Gasteiger charge is 2.08. The van der Waals surface area contributed by atoms with Gasteiger partial charge in [0.15, 0.2) is 0 Å². The topological polar surface area (TPSA) is 70.3 Å². The molecule has 0 fully saturated rings. The van der Waals surface area contributed by atoms with E-state index in [1.807, 2.05) is 0 Å². The zero-order chi connectivity index (χ0) is 14.3. The number of carbonyl (C=O) groups is 1. The smallest absolute Gasteiger partial charge is 0.328 e. The second-order valence-corrected chi connectivity index (χ2v) is 5.30. The van der Waals surface area contributed by atoms with Gasteiger partial charge in [-0.15, -0.1) is 0 Å². The van der Waals surface area contributed by atoms with E-state index in [-0.39, 0.29) is 0 Å². The van der Waals surface area contributed by atoms with Crippen molar-refractivity contribution in [2.24, 2.45) is 0 Å². The molecule has 0 saturated carbocycles. The van der Waals surface area contributed by atoms with Crippen LogP contribution in [0.25, 0.3) is 6.08 Å². The number of rotatable bonds is 6. The van der Waals surface area contributed by atoms with E-state index in [2.05, 4.69) is 37.9 Å². The van der Waals surface area contributed by atoms with Gasteiger partial charge in [0.1, 0.15) is 5.75 Å². The number of aliphatic carboxylic acids is 1. The number of halogens is 2. The fraction of sp³-hybridized carbons (Fsp3) is 0.231. The molecule has 0 bridgehead atoms. The second-order valence-electron chi connectivity index (χ2n) is 3.60. The molecule has 0 radical (unpaired) electrons. The van der Waals surface area contributed by atoms with Crippen LogP contribution in [0.1, 0.15) is 18.4 Å². The van der Waals surface area contributed by atoms with Crippen LogP contribution >= 0.6 is 31.9 Å². The summed E-state index contributed by atoms with van der Waals surface area (Å²) in [6.07, 6.45) is 3.68. The summed E-state index contributed by atoms with van der Waals surface area (Å²) in [5, 5.41) is 17.0. The highest BCUT2D eigenvalue weighted by atomic mass is 79.9. The van der Waals surface area contributed by atoms with Gasteiger partial charge in [0.2, 0.25) is 0 Å². The van der Waals surface area contributed by atoms with Crippen LogP contribution in [0.4, 0.5) is 0 Å². The number of carboxylic acid groups (broad SMARTS) is 1. The van der Waals surface area contributed by atoms with Gasteiger partial charge in [0.25, 0.3) is 0 Å². The van der Waals surface area contributed by atoms with Gasteiger partial charge in [-0.25, -0.2) is 4.79 Å². The standard InChI is InChI=1S/C13H11Br2NO3/c14-10-7-9(3-4-12(17)18)8-11(15)13(10)19-6-2-1-5-16/h3-4,7-8H,1-2,6H2,(H,17,18)/b4-3+. The van der Waals surface area contributed by atoms with E-state index in [1.165, 1.54) is 6.08 Å². The molecule has 0 aliphatic rings. The van der Waals surface area contributed by atoms with E-state index in [9.17, 15) is 4.79 Å². The predicted octanol–water partition coefficient (Wildman–Crippen LogP) is 3.99. The molecule has 0 aliphatic carbocycles. The van der Waals surface area contributed by atoms with Crippen LogP contribution in [-0.4, -0.2) is 17.7 Å². The average molecular weight is 389 g/mol. The number of nitriles is 1. The summed E-state index contributed by atoms with van der Waals surface area (Å²) in [4.78, 5) is 10.5. The van der Waals surface area contributed by atoms with Gasteiger partial charge < -0.3 is 9.84 Å². The van der Waals surface area contributed by atoms with E-state index < -0.39 is 5.97 Å². The van der Waals surface area contributed by atoms with Crippen molar-refractivity contribution in [3.05, 3.63) is 32.7 Å². The van der Waals surface area contributed by atoms with Gasteiger partial charge in [-0.1, -0.05) is 0 Å². The minimum Gasteiger partial charge on any atom is -0.491 e. The molecule has 4 nitrogen and oxygen atoms in total. The fourth-order valence-corrected chi connectivity index (χ4v) is 2.76. The Labute approximate surface area is 127 Å². The van der Waals surface area contributed by atoms with Crippen LogP contribution in [0.3, 0.4) is 0 Å². The van der Waals surface area contributed by atoms with Gasteiger partial charge in [-0.3, -0.25) is 0 Å². The van der Waals surface area contributed by atoms with Crippen molar-refractivity contribution in [1.29, 1.82) is 5.26 Å². The first-order valence-corrected chi connectivity index (χ1v) is 7.03. The number of hydrogen-bond acceptors (Lipinski definition) is 3. The number of hydrogen-bond donors (Lipinski definition) is 1. The van der Waals surface area contributed by atoms with Crippen LogP contribution in [-0.2, 0) is 4.79 Å². The molecule has 0 heterocycles. The van der Waals surface area contributed by atoms with Crippen LogP contribution in [0.15, 0.2) is 27.2 Å². The summed E-state index contributed by atoms with van der Waals surface area (Å²) in [6.45, 7) is 0.453. The Hall–Kier alpha value is -1.32. The summed E-state index contributed by atoms with van der Waals surface area (Å²) in [6, 6.07) is 5.59. The Morgan fingerprint density at radius 3 is 2.58 bits per heavy atom. The highest BCUT2D eigenvalue weighted by Crippen LogP contribution is 2.35. The van der Waals surface area contributed by atoms with Gasteiger partial charge in [-0.2, -0.15) is 5.26 Å². The van der Waals surface area contributed by atoms with Crippen molar-refractivity contribution in [1.82, 2.24) is 0 Å². The number of nitrogens with zero attached hydrogens (tertiary/aromatic N) is 1. The SMILES string of the molecule is N#CCCCOc1c(Br)cc(/C=C/C(=O)O)cc1Br. The zero-order valence-electron chi connectivity index (χ0n) is 9.90. The van der Waals surface area contributed by atoms with Crippen molar-refractivity contribution >= 4 is 43.9 Å². The minimum absolute atomic E-state index is 0.453. The van der Waals surface area contributed by atoms with E-state index >= 15 is 0 Å². The molecule has 0 aliphatic heterocycles. The van der Waals surface area contributed by atoms with E-state index in [1.54, 1.807) is 12.1 Å². The molecule has 1 N–H and O–H groups in total. The van der Waals surface area contributed by atoms with E-state index in [4.69, 9.17) is 15.1 Å². The van der Waals surface area contributed by atoms with Gasteiger partial charge in [0, 0.05) is 12.5 Å². The Morgan fingerprint density at radius 2 is 2.05 bits per heavy atom. The molecule has 1 aromatic rings. The Kier molecular flexibility index (Phi) is 6.60. The molecule has 6 heteroatoms. The van der Waals surface area contributed by atoms with E-state index in [0.29, 0.717) is 25.2 Å². The molecule has 1 aromatic carbocycles. The second kappa shape index (κ2) is 7.97. The molecular formula is C13H11Br2NO3. The van der Waals surface area contributed by atoms with Crippen molar-refractivity contribution < 1.29 is 14.6 Å². The first-order chi connectivity index (χ1) is 9.04. The third-order valence-corrected chi connectivity index (χ3v) is 3.30. The molecule has 100 valence electrons. The maximum Gasteiger partial charge on any atom is 0.328 e. The molecule has 0 atom stereocenters. The summed E-state index contributed by atoms with van der Waals surface area (Å²) < 4.78 is 7.02. The van der Waals surface area contributed by atoms with Crippen LogP contribution in [0.2, 0.25) is 0 Å². The van der Waals surface area contributed by atoms with Crippen LogP contribution in [0.5, 0.6) is 5.75 Å². The normalized spacial score (nSPS) is 10.4. The van der Waals surface area contributed by atoms with E-state index in [0.717, 1.165) is 20.6 Å². The number of ether oxygens (including phenoxy) is 1. The van der Waals surface area contributed by atoms with Crippen LogP contribution < -0.4 is 4.74 Å². The monoisotopic (exact) mass is 387 g/mol. The lowest BCUT2D eigenvalue weighted by atomic mass is 10.2. The molecule has 1 rings (SSSR count). The van der Waals surface area contributed by atoms with Crippen molar-refractivity contribution in [3.8, 4) is 11.8 Å². The minimum atomic E-state index is -0.996. The summed E-state index contributed by atoms with van der Waals surface area (Å²) in [5.41, 5.74) is 0.741. The predicted molar refractivity (Wildman–Crippen MR) is 78.9 cm³/mol. The summed E-state index contributed by atoms with van der Waals surface area (Å²) in [7, 11) is 0. The van der Waals surface area contributed by atoms with Crippen molar-refractivity contribution in [3.63, 3.8) is 0 Å². The molecule has 0 spiro atoms. The van der Waals surface area contributed by atoms with Gasteiger partial charge in [0.05, 0.1) is 21.6 Å². The van der Waals surface area contributed by atoms with Gasteiger partial charge in [-0.05, 0) is 62.1 Å². The Balaban J connectivity index is 2.80. The first kappa shape index (κ1) is 15.7. The number of benzene rings is 1. The highest BCUT2D eigenvalue weighted by molar-refractivity contribution is 9.11. The Morgan fingerprint density at radius 1 is 1.42 bits per heavy atom. The van der Waals surface area contributed by atoms with Crippen molar-refractivity contribution in [2.45, 2.75) is 12.8 Å². The maximum atomic E-state index is 10.5. The molecular weight excluding hydrogens is 378 g/mol. The summed E-state index contributed by atoms with van der Waals surface area (Å²) in [5.74, 6) is -0.352. The third-order valence-electron chi connectivity index (χ3n) is 2.12. The first-order valence-electron chi connectivity index (χ1n) is 5.44. The quantitative estimate of drug-likeness (QED) is 0.590. The third kappa shape index (κ3) is 5.45. The molecule has 0 aromatic heterocycles. The summed E-state index contributed by atoms with van der Waals surface area (Å²) >= 11 is 6.75. The van der Waals surface area contributed by atoms with Gasteiger partial charge >= 0.3 is 5.97 Å². The lowest BCUT2D eigenvalue weighted by molar-refractivity contribution is -0.131. The number of unbranched alkanes of at least 4 members (excludes halogenated alkanes) is 1. The molecule has 0 saturated heterocycles. The van der Waals surface area contributed by atoms with Crippen molar-refractivity contribution in [2.75, 3.05) is 6.61 Å². The lowest BCUT2D eigenvalue weighted by Gasteiger charge is -2.10. The Bertz CT molecular complexity index is 512. The maximum absolute atomic E-state index is 10.5.